The minimum absolute atomic E-state index is 0.0203. The molecule has 3 aromatic heterocycles. The van der Waals surface area contributed by atoms with Gasteiger partial charge in [-0.15, -0.1) is 11.3 Å². The largest absolute Gasteiger partial charge is 0.490 e. The minimum atomic E-state index is -0.801. The average Bonchev–Trinajstić information content (AvgIpc) is 3.75. The molecule has 49 heavy (non-hydrogen) atoms. The summed E-state index contributed by atoms with van der Waals surface area (Å²) in [5, 5.41) is 10.6. The fraction of sp³-hybridized carbons (Fsp3) is 0.297. The van der Waals surface area contributed by atoms with Crippen LogP contribution >= 0.6 is 11.3 Å². The summed E-state index contributed by atoms with van der Waals surface area (Å²) >= 11 is 1.41. The number of rotatable bonds is 8. The number of thiophene rings is 1. The summed E-state index contributed by atoms with van der Waals surface area (Å²) in [6.45, 7) is 11.0. The SMILES string of the molecule is C=CC(=O)N1CCn2nc(-c3nc(-c4ccc5c(c4)CNC(=O)C5(C)C)c4ccsc4c3-c3c(F)cc(F)cc3OCCOC)cc2[C@H]1C. The van der Waals surface area contributed by atoms with E-state index in [-0.39, 0.29) is 42.4 Å². The molecule has 0 bridgehead atoms. The lowest BCUT2D eigenvalue weighted by Gasteiger charge is -2.33. The second kappa shape index (κ2) is 12.5. The fourth-order valence-electron chi connectivity index (χ4n) is 6.86. The van der Waals surface area contributed by atoms with E-state index >= 15 is 4.39 Å². The molecule has 1 atom stereocenters. The van der Waals surface area contributed by atoms with Crippen LogP contribution in [0.5, 0.6) is 5.75 Å². The Morgan fingerprint density at radius 3 is 2.71 bits per heavy atom. The number of ether oxygens (including phenoxy) is 2. The number of amides is 2. The van der Waals surface area contributed by atoms with Crippen LogP contribution < -0.4 is 10.1 Å². The number of nitrogens with one attached hydrogen (secondary N) is 1. The summed E-state index contributed by atoms with van der Waals surface area (Å²) < 4.78 is 44.5. The predicted octanol–water partition coefficient (Wildman–Crippen LogP) is 6.79. The van der Waals surface area contributed by atoms with Crippen molar-refractivity contribution in [1.29, 1.82) is 0 Å². The molecule has 0 aliphatic carbocycles. The number of hydrogen-bond donors (Lipinski definition) is 1. The van der Waals surface area contributed by atoms with Crippen LogP contribution in [0.2, 0.25) is 0 Å². The molecular weight excluding hydrogens is 649 g/mol. The predicted molar refractivity (Wildman–Crippen MR) is 184 cm³/mol. The molecule has 5 heterocycles. The first-order valence-electron chi connectivity index (χ1n) is 16.0. The first-order valence-corrected chi connectivity index (χ1v) is 16.9. The zero-order valence-electron chi connectivity index (χ0n) is 27.6. The van der Waals surface area contributed by atoms with Crippen molar-refractivity contribution < 1.29 is 27.8 Å². The highest BCUT2D eigenvalue weighted by molar-refractivity contribution is 7.18. The number of aromatic nitrogens is 3. The third-order valence-corrected chi connectivity index (χ3v) is 10.4. The van der Waals surface area contributed by atoms with Crippen molar-refractivity contribution in [2.45, 2.75) is 45.3 Å². The summed E-state index contributed by atoms with van der Waals surface area (Å²) in [7, 11) is 1.52. The zero-order valence-corrected chi connectivity index (χ0v) is 28.4. The Kier molecular flexibility index (Phi) is 8.32. The Balaban J connectivity index is 1.49. The number of hydrogen-bond acceptors (Lipinski definition) is 7. The van der Waals surface area contributed by atoms with Crippen LogP contribution in [0.3, 0.4) is 0 Å². The van der Waals surface area contributed by atoms with Gasteiger partial charge in [-0.2, -0.15) is 5.10 Å². The van der Waals surface area contributed by atoms with E-state index in [1.54, 1.807) is 4.90 Å². The van der Waals surface area contributed by atoms with Crippen molar-refractivity contribution in [3.05, 3.63) is 89.0 Å². The Morgan fingerprint density at radius 1 is 1.12 bits per heavy atom. The third-order valence-electron chi connectivity index (χ3n) is 9.44. The van der Waals surface area contributed by atoms with E-state index in [2.05, 4.69) is 11.9 Å². The van der Waals surface area contributed by atoms with Gasteiger partial charge in [-0.1, -0.05) is 18.7 Å². The number of pyridine rings is 1. The molecular formula is C37H35F2N5O4S. The lowest BCUT2D eigenvalue weighted by Crippen LogP contribution is -2.44. The van der Waals surface area contributed by atoms with Gasteiger partial charge in [0.05, 0.1) is 41.6 Å². The molecule has 0 saturated carbocycles. The zero-order chi connectivity index (χ0) is 34.6. The van der Waals surface area contributed by atoms with Crippen LogP contribution in [0.4, 0.5) is 8.78 Å². The summed E-state index contributed by atoms with van der Waals surface area (Å²) in [5.41, 5.74) is 4.83. The molecule has 2 aliphatic rings. The lowest BCUT2D eigenvalue weighted by molar-refractivity contribution is -0.129. The maximum absolute atomic E-state index is 16.1. The summed E-state index contributed by atoms with van der Waals surface area (Å²) in [4.78, 5) is 32.3. The van der Waals surface area contributed by atoms with Gasteiger partial charge >= 0.3 is 0 Å². The molecule has 0 spiro atoms. The standard InChI is InChI=1S/C37H35F2N5O4S/c1-6-30(45)43-10-11-44-28(20(43)2)18-27(42-44)34-32(31-26(39)16-23(38)17-29(31)48-13-12-47-5)35-24(9-14-49-35)33(41-34)21-7-8-25-22(15-21)19-40-36(46)37(25,3)4/h6-9,14-18,20H,1,10-13,19H2,2-5H3,(H,40,46)/t20-/m1/s1. The summed E-state index contributed by atoms with van der Waals surface area (Å²) in [6, 6.07) is 11.5. The van der Waals surface area contributed by atoms with E-state index < -0.39 is 17.0 Å². The number of carbonyl (C=O) groups excluding carboxylic acids is 2. The second-order valence-electron chi connectivity index (χ2n) is 12.7. The van der Waals surface area contributed by atoms with Crippen LogP contribution in [0, 0.1) is 11.6 Å². The van der Waals surface area contributed by atoms with Crippen LogP contribution in [0.25, 0.3) is 43.9 Å². The van der Waals surface area contributed by atoms with Crippen molar-refractivity contribution >= 4 is 33.2 Å². The molecule has 0 saturated heterocycles. The van der Waals surface area contributed by atoms with Gasteiger partial charge in [0.15, 0.2) is 0 Å². The number of halogens is 2. The fourth-order valence-corrected chi connectivity index (χ4v) is 7.80. The van der Waals surface area contributed by atoms with E-state index in [1.165, 1.54) is 30.6 Å². The van der Waals surface area contributed by atoms with Crippen LogP contribution in [-0.2, 0) is 32.8 Å². The Morgan fingerprint density at radius 2 is 1.94 bits per heavy atom. The summed E-state index contributed by atoms with van der Waals surface area (Å²) in [5.74, 6) is -1.77. The van der Waals surface area contributed by atoms with Gasteiger partial charge in [-0.25, -0.2) is 13.8 Å². The smallest absolute Gasteiger partial charge is 0.246 e. The maximum Gasteiger partial charge on any atom is 0.246 e. The number of benzene rings is 2. The van der Waals surface area contributed by atoms with E-state index in [9.17, 15) is 14.0 Å². The van der Waals surface area contributed by atoms with Crippen LogP contribution in [0.1, 0.15) is 43.6 Å². The Labute approximate surface area is 286 Å². The molecule has 9 nitrogen and oxygen atoms in total. The van der Waals surface area contributed by atoms with Crippen molar-refractivity contribution in [3.8, 4) is 39.5 Å². The van der Waals surface area contributed by atoms with Gasteiger partial charge in [0.1, 0.15) is 35.4 Å². The van der Waals surface area contributed by atoms with Gasteiger partial charge in [0.25, 0.3) is 0 Å². The lowest BCUT2D eigenvalue weighted by atomic mass is 9.78. The molecule has 2 amide bonds. The monoisotopic (exact) mass is 683 g/mol. The van der Waals surface area contributed by atoms with Crippen molar-refractivity contribution in [1.82, 2.24) is 25.0 Å². The molecule has 0 radical (unpaired) electrons. The first kappa shape index (κ1) is 32.6. The number of methoxy groups -OCH3 is 1. The Hall–Kier alpha value is -4.94. The van der Waals surface area contributed by atoms with Gasteiger partial charge < -0.3 is 19.7 Å². The molecule has 0 unspecified atom stereocenters. The minimum Gasteiger partial charge on any atom is -0.490 e. The third kappa shape index (κ3) is 5.48. The van der Waals surface area contributed by atoms with Crippen molar-refractivity contribution in [3.63, 3.8) is 0 Å². The van der Waals surface area contributed by atoms with E-state index in [0.29, 0.717) is 42.3 Å². The highest BCUT2D eigenvalue weighted by Crippen LogP contribution is 2.48. The highest BCUT2D eigenvalue weighted by atomic mass is 32.1. The van der Waals surface area contributed by atoms with E-state index in [4.69, 9.17) is 19.6 Å². The highest BCUT2D eigenvalue weighted by Gasteiger charge is 2.36. The second-order valence-corrected chi connectivity index (χ2v) is 13.6. The van der Waals surface area contributed by atoms with Gasteiger partial charge in [-0.3, -0.25) is 14.3 Å². The number of fused-ring (bicyclic) bond motifs is 3. The van der Waals surface area contributed by atoms with Crippen molar-refractivity contribution in [2.75, 3.05) is 26.9 Å². The summed E-state index contributed by atoms with van der Waals surface area (Å²) in [6.07, 6.45) is 1.30. The van der Waals surface area contributed by atoms with E-state index in [1.807, 2.05) is 61.2 Å². The van der Waals surface area contributed by atoms with Crippen molar-refractivity contribution in [2.24, 2.45) is 0 Å². The van der Waals surface area contributed by atoms with Gasteiger partial charge in [0, 0.05) is 53.5 Å². The molecule has 7 rings (SSSR count). The molecule has 1 N–H and O–H groups in total. The molecule has 2 aliphatic heterocycles. The number of carbonyl (C=O) groups is 2. The molecule has 0 fully saturated rings. The molecule has 5 aromatic rings. The Bertz CT molecular complexity index is 2160. The number of nitrogens with zero attached hydrogens (tertiary/aromatic N) is 4. The maximum atomic E-state index is 16.1. The van der Waals surface area contributed by atoms with Gasteiger partial charge in [0.2, 0.25) is 11.8 Å². The topological polar surface area (TPSA) is 98.6 Å². The molecule has 2 aromatic carbocycles. The molecule has 12 heteroatoms. The van der Waals surface area contributed by atoms with Gasteiger partial charge in [-0.05, 0) is 61.6 Å². The van der Waals surface area contributed by atoms with Crippen LogP contribution in [-0.4, -0.2) is 58.3 Å². The van der Waals surface area contributed by atoms with Crippen LogP contribution in [0.15, 0.2) is 60.5 Å². The van der Waals surface area contributed by atoms with E-state index in [0.717, 1.165) is 38.5 Å². The quantitative estimate of drug-likeness (QED) is 0.143. The first-order chi connectivity index (χ1) is 23.5. The molecule has 252 valence electrons. The normalized spacial score (nSPS) is 16.7. The average molecular weight is 684 g/mol.